The van der Waals surface area contributed by atoms with Gasteiger partial charge in [-0.2, -0.15) is 0 Å². The van der Waals surface area contributed by atoms with E-state index in [0.29, 0.717) is 19.4 Å². The number of fused-ring (bicyclic) bond motifs is 1. The highest BCUT2D eigenvalue weighted by Gasteiger charge is 2.37. The molecule has 144 valence electrons. The van der Waals surface area contributed by atoms with Gasteiger partial charge in [0.15, 0.2) is 11.6 Å². The Labute approximate surface area is 162 Å². The average Bonchev–Trinajstić information content (AvgIpc) is 3.13. The molecule has 1 aliphatic heterocycles. The maximum absolute atomic E-state index is 13.5. The molecule has 1 aromatic heterocycles. The minimum absolute atomic E-state index is 0.0201. The second-order valence-corrected chi connectivity index (χ2v) is 6.79. The number of amides is 1. The maximum atomic E-state index is 13.5. The van der Waals surface area contributed by atoms with E-state index in [4.69, 9.17) is 11.6 Å². The number of imidazole rings is 1. The molecule has 0 bridgehead atoms. The zero-order valence-electron chi connectivity index (χ0n) is 14.2. The molecule has 1 atom stereocenters. The van der Waals surface area contributed by atoms with Crippen molar-refractivity contribution >= 4 is 29.1 Å². The van der Waals surface area contributed by atoms with E-state index in [1.54, 1.807) is 0 Å². The van der Waals surface area contributed by atoms with E-state index in [1.165, 1.54) is 6.07 Å². The SMILES string of the molecule is O=C1C(N[C@H]2CCCNC2=O)=C(Cl)C(=O)c2[nH]c(-c3ccc(F)c(F)c3)nc21. The molecule has 2 aromatic rings. The zero-order valence-corrected chi connectivity index (χ0v) is 15.0. The third-order valence-corrected chi connectivity index (χ3v) is 4.95. The molecule has 0 unspecified atom stereocenters. The number of nitrogens with zero attached hydrogens (tertiary/aromatic N) is 1. The van der Waals surface area contributed by atoms with E-state index in [2.05, 4.69) is 20.6 Å². The molecule has 1 saturated heterocycles. The van der Waals surface area contributed by atoms with Gasteiger partial charge in [-0.1, -0.05) is 11.6 Å². The lowest BCUT2D eigenvalue weighted by Gasteiger charge is -2.25. The van der Waals surface area contributed by atoms with Gasteiger partial charge in [0.1, 0.15) is 34.0 Å². The van der Waals surface area contributed by atoms with Crippen molar-refractivity contribution in [3.63, 3.8) is 0 Å². The number of carbonyl (C=O) groups excluding carboxylic acids is 3. The Kier molecular flexibility index (Phi) is 4.46. The molecule has 10 heteroatoms. The monoisotopic (exact) mass is 406 g/mol. The molecule has 0 saturated carbocycles. The molecule has 4 rings (SSSR count). The van der Waals surface area contributed by atoms with Gasteiger partial charge in [0.2, 0.25) is 17.5 Å². The van der Waals surface area contributed by atoms with E-state index in [0.717, 1.165) is 12.1 Å². The van der Waals surface area contributed by atoms with Gasteiger partial charge in [0, 0.05) is 12.1 Å². The fraction of sp³-hybridized carbons (Fsp3) is 0.222. The van der Waals surface area contributed by atoms with Crippen molar-refractivity contribution in [1.29, 1.82) is 0 Å². The number of nitrogens with one attached hydrogen (secondary N) is 3. The number of halogens is 3. The van der Waals surface area contributed by atoms with E-state index in [9.17, 15) is 23.2 Å². The van der Waals surface area contributed by atoms with E-state index in [-0.39, 0.29) is 39.4 Å². The van der Waals surface area contributed by atoms with Crippen LogP contribution in [-0.4, -0.2) is 40.0 Å². The molecule has 0 radical (unpaired) electrons. The summed E-state index contributed by atoms with van der Waals surface area (Å²) in [7, 11) is 0. The first-order chi connectivity index (χ1) is 13.4. The summed E-state index contributed by atoms with van der Waals surface area (Å²) >= 11 is 6.08. The van der Waals surface area contributed by atoms with Crippen molar-refractivity contribution < 1.29 is 23.2 Å². The number of hydrogen-bond donors (Lipinski definition) is 3. The summed E-state index contributed by atoms with van der Waals surface area (Å²) in [6, 6.07) is 2.38. The number of aromatic nitrogens is 2. The van der Waals surface area contributed by atoms with Crippen molar-refractivity contribution in [3.8, 4) is 11.4 Å². The van der Waals surface area contributed by atoms with Crippen molar-refractivity contribution in [2.24, 2.45) is 0 Å². The number of carbonyl (C=O) groups is 3. The molecule has 1 amide bonds. The molecule has 28 heavy (non-hydrogen) atoms. The third-order valence-electron chi connectivity index (χ3n) is 4.59. The van der Waals surface area contributed by atoms with Gasteiger partial charge in [0.05, 0.1) is 0 Å². The number of Topliss-reactive ketones (excluding diaryl/α,β-unsaturated/α-hetero) is 2. The highest BCUT2D eigenvalue weighted by molar-refractivity contribution is 6.49. The Hall–Kier alpha value is -3.07. The third kappa shape index (κ3) is 2.97. The summed E-state index contributed by atoms with van der Waals surface area (Å²) in [5, 5.41) is 5.05. The molecule has 3 N–H and O–H groups in total. The summed E-state index contributed by atoms with van der Waals surface area (Å²) in [6.45, 7) is 0.539. The van der Waals surface area contributed by atoms with Crippen LogP contribution in [0.5, 0.6) is 0 Å². The summed E-state index contributed by atoms with van der Waals surface area (Å²) in [4.78, 5) is 44.0. The first kappa shape index (κ1) is 18.3. The van der Waals surface area contributed by atoms with Gasteiger partial charge in [-0.05, 0) is 31.0 Å². The predicted octanol–water partition coefficient (Wildman–Crippen LogP) is 2.05. The topological polar surface area (TPSA) is 104 Å². The number of H-pyrrole nitrogens is 1. The van der Waals surface area contributed by atoms with Crippen molar-refractivity contribution in [3.05, 3.63) is 52.0 Å². The molecular formula is C18H13ClF2N4O3. The van der Waals surface area contributed by atoms with Crippen LogP contribution in [0.15, 0.2) is 28.9 Å². The lowest BCUT2D eigenvalue weighted by Crippen LogP contribution is -2.49. The van der Waals surface area contributed by atoms with Gasteiger partial charge in [-0.15, -0.1) is 0 Å². The van der Waals surface area contributed by atoms with Gasteiger partial charge in [-0.3, -0.25) is 14.4 Å². The Morgan fingerprint density at radius 1 is 1.14 bits per heavy atom. The highest BCUT2D eigenvalue weighted by Crippen LogP contribution is 2.29. The highest BCUT2D eigenvalue weighted by atomic mass is 35.5. The summed E-state index contributed by atoms with van der Waals surface area (Å²) in [5.74, 6) is -3.75. The smallest absolute Gasteiger partial charge is 0.242 e. The van der Waals surface area contributed by atoms with E-state index >= 15 is 0 Å². The molecule has 2 aliphatic rings. The number of allylic oxidation sites excluding steroid dienone is 2. The lowest BCUT2D eigenvalue weighted by atomic mass is 10.00. The Bertz CT molecular complexity index is 1060. The van der Waals surface area contributed by atoms with Crippen LogP contribution in [0.1, 0.15) is 33.8 Å². The van der Waals surface area contributed by atoms with Crippen LogP contribution < -0.4 is 10.6 Å². The average molecular weight is 407 g/mol. The van der Waals surface area contributed by atoms with E-state index in [1.807, 2.05) is 0 Å². The first-order valence-electron chi connectivity index (χ1n) is 8.45. The Balaban J connectivity index is 1.69. The van der Waals surface area contributed by atoms with Gasteiger partial charge < -0.3 is 15.6 Å². The number of piperidine rings is 1. The van der Waals surface area contributed by atoms with E-state index < -0.39 is 29.2 Å². The van der Waals surface area contributed by atoms with Crippen LogP contribution in [-0.2, 0) is 4.79 Å². The van der Waals surface area contributed by atoms with Crippen molar-refractivity contribution in [2.45, 2.75) is 18.9 Å². The minimum Gasteiger partial charge on any atom is -0.369 e. The number of benzene rings is 1. The summed E-state index contributed by atoms with van der Waals surface area (Å²) < 4.78 is 26.6. The van der Waals surface area contributed by atoms with Crippen LogP contribution in [0, 0.1) is 11.6 Å². The standard InChI is InChI=1S/C18H13ClF2N4O3/c19-11-12(23-10-2-1-5-22-18(10)28)16(27)14-13(15(11)26)24-17(25-14)7-3-4-8(20)9(21)6-7/h3-4,6,10,23H,1-2,5H2,(H,22,28)(H,24,25)/t10-/m0/s1. The molecule has 0 spiro atoms. The van der Waals surface area contributed by atoms with Crippen LogP contribution in [0.3, 0.4) is 0 Å². The summed E-state index contributed by atoms with van der Waals surface area (Å²) in [6.07, 6.45) is 1.19. The molecule has 7 nitrogen and oxygen atoms in total. The predicted molar refractivity (Wildman–Crippen MR) is 94.6 cm³/mol. The lowest BCUT2D eigenvalue weighted by molar-refractivity contribution is -0.124. The fourth-order valence-electron chi connectivity index (χ4n) is 3.14. The largest absolute Gasteiger partial charge is 0.369 e. The quantitative estimate of drug-likeness (QED) is 0.723. The number of hydrogen-bond acceptors (Lipinski definition) is 5. The molecular weight excluding hydrogens is 394 g/mol. The first-order valence-corrected chi connectivity index (χ1v) is 8.83. The Morgan fingerprint density at radius 3 is 2.64 bits per heavy atom. The molecule has 1 aromatic carbocycles. The van der Waals surface area contributed by atoms with Crippen molar-refractivity contribution in [2.75, 3.05) is 6.54 Å². The summed E-state index contributed by atoms with van der Waals surface area (Å²) in [5.41, 5.74) is -0.392. The van der Waals surface area contributed by atoms with Crippen LogP contribution in [0.2, 0.25) is 0 Å². The second-order valence-electron chi connectivity index (χ2n) is 6.42. The second kappa shape index (κ2) is 6.83. The minimum atomic E-state index is -1.09. The Morgan fingerprint density at radius 2 is 1.93 bits per heavy atom. The normalized spacial score (nSPS) is 19.5. The van der Waals surface area contributed by atoms with Crippen molar-refractivity contribution in [1.82, 2.24) is 20.6 Å². The number of aromatic amines is 1. The van der Waals surface area contributed by atoms with Gasteiger partial charge in [-0.25, -0.2) is 13.8 Å². The molecule has 2 heterocycles. The number of ketones is 2. The molecule has 1 aliphatic carbocycles. The van der Waals surface area contributed by atoms with Gasteiger partial charge >= 0.3 is 0 Å². The van der Waals surface area contributed by atoms with Crippen LogP contribution in [0.25, 0.3) is 11.4 Å². The van der Waals surface area contributed by atoms with Crippen LogP contribution in [0.4, 0.5) is 8.78 Å². The molecule has 1 fully saturated rings. The number of rotatable bonds is 3. The maximum Gasteiger partial charge on any atom is 0.242 e. The zero-order chi connectivity index (χ0) is 20.0. The fourth-order valence-corrected chi connectivity index (χ4v) is 3.37. The van der Waals surface area contributed by atoms with Crippen LogP contribution >= 0.6 is 11.6 Å². The van der Waals surface area contributed by atoms with Gasteiger partial charge in [0.25, 0.3) is 0 Å².